The second kappa shape index (κ2) is 31.7. The maximum atomic E-state index is 12.3. The zero-order chi connectivity index (χ0) is 33.4. The van der Waals surface area contributed by atoms with Crippen molar-refractivity contribution in [2.24, 2.45) is 0 Å². The molecular weight excluding hydrogens is 615 g/mol. The Morgan fingerprint density at radius 3 is 1.42 bits per heavy atom. The SMILES string of the molecule is CCCCCCCCCCCCCCCC(=O)O[C@H](COC(=O)CCCCCCCCCCCCSC(C)=O)COP(=O)(O)O. The van der Waals surface area contributed by atoms with E-state index in [0.29, 0.717) is 12.8 Å². The molecule has 0 aromatic rings. The Bertz CT molecular complexity index is 775. The summed E-state index contributed by atoms with van der Waals surface area (Å²) in [7, 11) is -4.75. The molecule has 0 aromatic heterocycles. The van der Waals surface area contributed by atoms with Crippen LogP contribution < -0.4 is 0 Å². The van der Waals surface area contributed by atoms with Gasteiger partial charge in [-0.1, -0.05) is 147 Å². The lowest BCUT2D eigenvalue weighted by atomic mass is 10.0. The van der Waals surface area contributed by atoms with E-state index in [1.54, 1.807) is 6.92 Å². The number of phosphoric ester groups is 1. The first-order valence-electron chi connectivity index (χ1n) is 17.8. The number of carbonyl (C=O) groups excluding carboxylic acids is 3. The maximum absolute atomic E-state index is 12.3. The number of hydrogen-bond acceptors (Lipinski definition) is 8. The van der Waals surface area contributed by atoms with Crippen molar-refractivity contribution >= 4 is 36.6 Å². The minimum atomic E-state index is -4.75. The van der Waals surface area contributed by atoms with Gasteiger partial charge in [0.15, 0.2) is 11.2 Å². The van der Waals surface area contributed by atoms with Crippen LogP contribution in [0.2, 0.25) is 0 Å². The third-order valence-electron chi connectivity index (χ3n) is 7.72. The molecule has 0 fully saturated rings. The number of hydrogen-bond donors (Lipinski definition) is 2. The Morgan fingerprint density at radius 2 is 1.00 bits per heavy atom. The molecule has 0 radical (unpaired) electrons. The van der Waals surface area contributed by atoms with E-state index in [4.69, 9.17) is 19.3 Å². The van der Waals surface area contributed by atoms with Crippen LogP contribution in [0.25, 0.3) is 0 Å². The Kier molecular flexibility index (Phi) is 31.0. The van der Waals surface area contributed by atoms with E-state index in [2.05, 4.69) is 11.4 Å². The molecule has 0 heterocycles. The summed E-state index contributed by atoms with van der Waals surface area (Å²) in [4.78, 5) is 53.5. The van der Waals surface area contributed by atoms with Gasteiger partial charge in [0.2, 0.25) is 0 Å². The molecule has 0 aliphatic carbocycles. The van der Waals surface area contributed by atoms with Gasteiger partial charge in [0.05, 0.1) is 6.61 Å². The summed E-state index contributed by atoms with van der Waals surface area (Å²) in [5.41, 5.74) is 0. The molecule has 2 N–H and O–H groups in total. The fourth-order valence-electron chi connectivity index (χ4n) is 5.09. The highest BCUT2D eigenvalue weighted by Crippen LogP contribution is 2.36. The molecule has 0 rings (SSSR count). The summed E-state index contributed by atoms with van der Waals surface area (Å²) >= 11 is 1.40. The van der Waals surface area contributed by atoms with Crippen LogP contribution in [0.4, 0.5) is 0 Å². The second-order valence-electron chi connectivity index (χ2n) is 12.2. The molecule has 0 saturated heterocycles. The number of esters is 2. The first-order valence-corrected chi connectivity index (χ1v) is 20.3. The van der Waals surface area contributed by atoms with Crippen LogP contribution in [0, 0.1) is 0 Å². The molecule has 0 spiro atoms. The van der Waals surface area contributed by atoms with Gasteiger partial charge in [0.1, 0.15) is 6.61 Å². The van der Waals surface area contributed by atoms with Crippen molar-refractivity contribution < 1.29 is 42.7 Å². The van der Waals surface area contributed by atoms with Crippen LogP contribution in [0.15, 0.2) is 0 Å². The third kappa shape index (κ3) is 35.8. The van der Waals surface area contributed by atoms with Crippen LogP contribution >= 0.6 is 19.6 Å². The van der Waals surface area contributed by atoms with Gasteiger partial charge in [-0.25, -0.2) is 4.57 Å². The Morgan fingerprint density at radius 1 is 0.600 bits per heavy atom. The molecule has 0 unspecified atom stereocenters. The zero-order valence-electron chi connectivity index (χ0n) is 28.5. The third-order valence-corrected chi connectivity index (χ3v) is 9.11. The lowest BCUT2D eigenvalue weighted by Gasteiger charge is -2.18. The minimum absolute atomic E-state index is 0.191. The number of phosphoric acid groups is 1. The number of thioether (sulfide) groups is 1. The van der Waals surface area contributed by atoms with Crippen molar-refractivity contribution in [1.29, 1.82) is 0 Å². The normalized spacial score (nSPS) is 12.3. The van der Waals surface area contributed by atoms with Crippen molar-refractivity contribution in [3.05, 3.63) is 0 Å². The number of unbranched alkanes of at least 4 members (excludes halogenated alkanes) is 21. The molecule has 1 atom stereocenters. The largest absolute Gasteiger partial charge is 0.469 e. The first-order chi connectivity index (χ1) is 21.6. The second-order valence-corrected chi connectivity index (χ2v) is 14.7. The van der Waals surface area contributed by atoms with Crippen LogP contribution in [-0.4, -0.2) is 51.9 Å². The summed E-state index contributed by atoms with van der Waals surface area (Å²) in [5, 5.41) is 0.191. The van der Waals surface area contributed by atoms with Gasteiger partial charge in [-0.05, 0) is 19.3 Å². The molecule has 0 saturated carbocycles. The zero-order valence-corrected chi connectivity index (χ0v) is 30.2. The smallest absolute Gasteiger partial charge is 0.462 e. The van der Waals surface area contributed by atoms with Crippen molar-refractivity contribution in [1.82, 2.24) is 0 Å². The van der Waals surface area contributed by atoms with Gasteiger partial charge in [-0.3, -0.25) is 18.9 Å². The van der Waals surface area contributed by atoms with E-state index in [0.717, 1.165) is 50.7 Å². The Labute approximate surface area is 278 Å². The Balaban J connectivity index is 3.94. The van der Waals surface area contributed by atoms with E-state index < -0.39 is 32.5 Å². The molecular formula is C34H65O9PS. The fourth-order valence-corrected chi connectivity index (χ4v) is 6.08. The van der Waals surface area contributed by atoms with E-state index in [9.17, 15) is 18.9 Å². The molecule has 9 nitrogen and oxygen atoms in total. The summed E-state index contributed by atoms with van der Waals surface area (Å²) in [6, 6.07) is 0. The monoisotopic (exact) mass is 680 g/mol. The van der Waals surface area contributed by atoms with Gasteiger partial charge < -0.3 is 19.3 Å². The highest BCUT2D eigenvalue weighted by Gasteiger charge is 2.22. The highest BCUT2D eigenvalue weighted by atomic mass is 32.2. The average molecular weight is 681 g/mol. The van der Waals surface area contributed by atoms with Crippen molar-refractivity contribution in [3.8, 4) is 0 Å². The van der Waals surface area contributed by atoms with Gasteiger partial charge in [-0.2, -0.15) is 0 Å². The molecule has 0 bridgehead atoms. The van der Waals surface area contributed by atoms with Crippen molar-refractivity contribution in [3.63, 3.8) is 0 Å². The maximum Gasteiger partial charge on any atom is 0.469 e. The molecule has 0 aromatic carbocycles. The predicted octanol–water partition coefficient (Wildman–Crippen LogP) is 9.60. The lowest BCUT2D eigenvalue weighted by molar-refractivity contribution is -0.161. The molecule has 45 heavy (non-hydrogen) atoms. The van der Waals surface area contributed by atoms with E-state index in [1.165, 1.54) is 102 Å². The van der Waals surface area contributed by atoms with E-state index >= 15 is 0 Å². The van der Waals surface area contributed by atoms with Gasteiger partial charge in [0.25, 0.3) is 0 Å². The summed E-state index contributed by atoms with van der Waals surface area (Å²) in [6.07, 6.45) is 25.9. The van der Waals surface area contributed by atoms with Crippen LogP contribution in [-0.2, 0) is 32.9 Å². The standard InChI is InChI=1S/C34H65O9PS/c1-3-4-5-6-7-8-9-10-11-15-18-21-24-27-34(37)43-32(30-42-44(38,39)40)29-41-33(36)26-23-20-17-14-12-13-16-19-22-25-28-45-31(2)35/h32H,3-30H2,1-2H3,(H2,38,39,40)/t32-/m1/s1. The van der Waals surface area contributed by atoms with E-state index in [1.807, 2.05) is 0 Å². The van der Waals surface area contributed by atoms with Gasteiger partial charge >= 0.3 is 19.8 Å². The quantitative estimate of drug-likeness (QED) is 0.0392. The van der Waals surface area contributed by atoms with Gasteiger partial charge in [-0.15, -0.1) is 0 Å². The van der Waals surface area contributed by atoms with Crippen LogP contribution in [0.5, 0.6) is 0 Å². The molecule has 0 aliphatic rings. The van der Waals surface area contributed by atoms with Crippen molar-refractivity contribution in [2.75, 3.05) is 19.0 Å². The van der Waals surface area contributed by atoms with Crippen LogP contribution in [0.1, 0.15) is 174 Å². The predicted molar refractivity (Wildman–Crippen MR) is 183 cm³/mol. The summed E-state index contributed by atoms with van der Waals surface area (Å²) < 4.78 is 26.2. The van der Waals surface area contributed by atoms with E-state index in [-0.39, 0.29) is 24.6 Å². The lowest BCUT2D eigenvalue weighted by Crippen LogP contribution is -2.29. The molecule has 0 amide bonds. The Hall–Kier alpha value is -0.930. The number of carbonyl (C=O) groups is 3. The first kappa shape index (κ1) is 44.1. The fraction of sp³-hybridized carbons (Fsp3) is 0.912. The van der Waals surface area contributed by atoms with Crippen molar-refractivity contribution in [2.45, 2.75) is 180 Å². The summed E-state index contributed by atoms with van der Waals surface area (Å²) in [5.74, 6) is 0.0108. The topological polar surface area (TPSA) is 136 Å². The molecule has 266 valence electrons. The number of rotatable bonds is 33. The molecule has 11 heteroatoms. The molecule has 0 aliphatic heterocycles. The number of ether oxygens (including phenoxy) is 2. The van der Waals surface area contributed by atoms with Gasteiger partial charge in [0, 0.05) is 25.5 Å². The average Bonchev–Trinajstić information content (AvgIpc) is 2.98. The van der Waals surface area contributed by atoms with Crippen LogP contribution in [0.3, 0.4) is 0 Å². The minimum Gasteiger partial charge on any atom is -0.462 e. The summed E-state index contributed by atoms with van der Waals surface area (Å²) in [6.45, 7) is 3.01. The highest BCUT2D eigenvalue weighted by molar-refractivity contribution is 8.13.